The van der Waals surface area contributed by atoms with Crippen molar-refractivity contribution < 1.29 is 9.90 Å². The second kappa shape index (κ2) is 6.16. The Labute approximate surface area is 126 Å². The van der Waals surface area contributed by atoms with Gasteiger partial charge in [-0.05, 0) is 30.5 Å². The Morgan fingerprint density at radius 2 is 2.14 bits per heavy atom. The van der Waals surface area contributed by atoms with E-state index in [1.54, 1.807) is 0 Å². The summed E-state index contributed by atoms with van der Waals surface area (Å²) in [6.07, 6.45) is 2.04. The van der Waals surface area contributed by atoms with Crippen molar-refractivity contribution in [2.24, 2.45) is 5.92 Å². The lowest BCUT2D eigenvalue weighted by Crippen LogP contribution is -2.46. The number of hydrogen-bond donors (Lipinski definition) is 2. The van der Waals surface area contributed by atoms with Gasteiger partial charge in [0.1, 0.15) is 6.61 Å². The minimum absolute atomic E-state index is 0.125. The third kappa shape index (κ3) is 2.70. The second-order valence-electron chi connectivity index (χ2n) is 6.13. The van der Waals surface area contributed by atoms with Crippen molar-refractivity contribution in [1.29, 1.82) is 0 Å². The molecular formula is C17H24N2O2. The lowest BCUT2D eigenvalue weighted by atomic mass is 9.82. The van der Waals surface area contributed by atoms with E-state index in [1.807, 2.05) is 4.90 Å². The smallest absolute Gasteiger partial charge is 0.248 e. The summed E-state index contributed by atoms with van der Waals surface area (Å²) in [6, 6.07) is 9.08. The summed E-state index contributed by atoms with van der Waals surface area (Å²) in [7, 11) is 0. The van der Waals surface area contributed by atoms with Gasteiger partial charge >= 0.3 is 0 Å². The van der Waals surface area contributed by atoms with Crippen molar-refractivity contribution >= 4 is 5.91 Å². The molecule has 0 aromatic heterocycles. The molecule has 2 N–H and O–H groups in total. The van der Waals surface area contributed by atoms with E-state index >= 15 is 0 Å². The van der Waals surface area contributed by atoms with Crippen LogP contribution >= 0.6 is 0 Å². The lowest BCUT2D eigenvalue weighted by molar-refractivity contribution is -0.135. The van der Waals surface area contributed by atoms with E-state index in [0.717, 1.165) is 32.5 Å². The van der Waals surface area contributed by atoms with Gasteiger partial charge in [-0.3, -0.25) is 4.79 Å². The average molecular weight is 288 g/mol. The molecule has 0 saturated carbocycles. The largest absolute Gasteiger partial charge is 0.387 e. The zero-order chi connectivity index (χ0) is 14.8. The number of rotatable bonds is 3. The monoisotopic (exact) mass is 288 g/mol. The normalized spacial score (nSPS) is 28.5. The highest BCUT2D eigenvalue weighted by atomic mass is 16.3. The van der Waals surface area contributed by atoms with Crippen molar-refractivity contribution in [2.45, 2.75) is 31.7 Å². The molecule has 1 amide bonds. The molecule has 0 radical (unpaired) electrons. The van der Waals surface area contributed by atoms with E-state index in [0.29, 0.717) is 11.8 Å². The van der Waals surface area contributed by atoms with Crippen molar-refractivity contribution in [3.05, 3.63) is 35.4 Å². The molecule has 0 aliphatic carbocycles. The number of amides is 1. The molecule has 0 unspecified atom stereocenters. The minimum Gasteiger partial charge on any atom is -0.387 e. The number of carbonyl (C=O) groups is 1. The van der Waals surface area contributed by atoms with Crippen LogP contribution in [0.2, 0.25) is 0 Å². The first-order chi connectivity index (χ1) is 10.2. The van der Waals surface area contributed by atoms with E-state index in [9.17, 15) is 9.90 Å². The molecule has 2 fully saturated rings. The number of benzene rings is 1. The molecular weight excluding hydrogens is 264 g/mol. The topological polar surface area (TPSA) is 52.6 Å². The van der Waals surface area contributed by atoms with E-state index in [-0.39, 0.29) is 18.6 Å². The molecule has 2 saturated heterocycles. The Balaban J connectivity index is 1.85. The van der Waals surface area contributed by atoms with Crippen molar-refractivity contribution in [3.8, 4) is 0 Å². The van der Waals surface area contributed by atoms with Gasteiger partial charge in [-0.25, -0.2) is 0 Å². The molecule has 0 bridgehead atoms. The Morgan fingerprint density at radius 1 is 1.38 bits per heavy atom. The summed E-state index contributed by atoms with van der Waals surface area (Å²) < 4.78 is 0. The first-order valence-corrected chi connectivity index (χ1v) is 7.94. The van der Waals surface area contributed by atoms with E-state index in [1.165, 1.54) is 11.1 Å². The van der Waals surface area contributed by atoms with Gasteiger partial charge in [-0.15, -0.1) is 0 Å². The Kier molecular flexibility index (Phi) is 4.27. The van der Waals surface area contributed by atoms with Crippen LogP contribution in [0, 0.1) is 5.92 Å². The number of carbonyl (C=O) groups excluding carboxylic acids is 1. The highest BCUT2D eigenvalue weighted by Crippen LogP contribution is 2.39. The molecule has 21 heavy (non-hydrogen) atoms. The van der Waals surface area contributed by atoms with E-state index in [4.69, 9.17) is 0 Å². The number of aryl methyl sites for hydroxylation is 1. The predicted octanol–water partition coefficient (Wildman–Crippen LogP) is 1.15. The van der Waals surface area contributed by atoms with Crippen LogP contribution < -0.4 is 5.32 Å². The van der Waals surface area contributed by atoms with Crippen molar-refractivity contribution in [1.82, 2.24) is 10.2 Å². The first-order valence-electron chi connectivity index (χ1n) is 7.94. The number of nitrogens with one attached hydrogen (secondary N) is 1. The fourth-order valence-corrected chi connectivity index (χ4v) is 3.88. The molecule has 4 heteroatoms. The Hall–Kier alpha value is -1.39. The van der Waals surface area contributed by atoms with Gasteiger partial charge in [0.25, 0.3) is 0 Å². The summed E-state index contributed by atoms with van der Waals surface area (Å²) >= 11 is 0. The number of hydrogen-bond acceptors (Lipinski definition) is 3. The van der Waals surface area contributed by atoms with Crippen LogP contribution in [0.3, 0.4) is 0 Å². The Morgan fingerprint density at radius 3 is 2.81 bits per heavy atom. The molecule has 4 nitrogen and oxygen atoms in total. The summed E-state index contributed by atoms with van der Waals surface area (Å²) in [5.74, 6) is 0.713. The average Bonchev–Trinajstić information content (AvgIpc) is 2.94. The lowest BCUT2D eigenvalue weighted by Gasteiger charge is -2.32. The van der Waals surface area contributed by atoms with Crippen LogP contribution in [-0.2, 0) is 11.2 Å². The molecule has 1 aromatic rings. The highest BCUT2D eigenvalue weighted by Gasteiger charge is 2.44. The fourth-order valence-electron chi connectivity index (χ4n) is 3.88. The standard InChI is InChI=1S/C17H24N2O2/c1-2-12-3-5-13(6-4-12)15-10-19(17(21)11-20)16-7-8-18-9-14(15)16/h3-6,14-16,18,20H,2,7-11H2,1H3/t14-,15-,16-/m1/s1. The highest BCUT2D eigenvalue weighted by molar-refractivity contribution is 5.78. The summed E-state index contributed by atoms with van der Waals surface area (Å²) in [5, 5.41) is 12.7. The molecule has 3 rings (SSSR count). The first kappa shape index (κ1) is 14.5. The summed E-state index contributed by atoms with van der Waals surface area (Å²) in [4.78, 5) is 13.9. The fraction of sp³-hybridized carbons (Fsp3) is 0.588. The molecule has 2 heterocycles. The number of nitrogens with zero attached hydrogens (tertiary/aromatic N) is 1. The summed E-state index contributed by atoms with van der Waals surface area (Å²) in [5.41, 5.74) is 2.66. The molecule has 1 aromatic carbocycles. The van der Waals surface area contributed by atoms with Gasteiger partial charge < -0.3 is 15.3 Å². The van der Waals surface area contributed by atoms with Crippen LogP contribution in [0.25, 0.3) is 0 Å². The molecule has 0 spiro atoms. The van der Waals surface area contributed by atoms with Gasteiger partial charge in [0.05, 0.1) is 0 Å². The van der Waals surface area contributed by atoms with Crippen molar-refractivity contribution in [3.63, 3.8) is 0 Å². The van der Waals surface area contributed by atoms with Gasteiger partial charge in [-0.1, -0.05) is 31.2 Å². The SMILES string of the molecule is CCc1ccc([C@H]2CN(C(=O)CO)[C@@H]3CCNC[C@H]23)cc1. The maximum Gasteiger partial charge on any atom is 0.248 e. The maximum absolute atomic E-state index is 12.0. The van der Waals surface area contributed by atoms with Crippen molar-refractivity contribution in [2.75, 3.05) is 26.2 Å². The number of fused-ring (bicyclic) bond motifs is 1. The molecule has 2 aliphatic rings. The number of piperidine rings is 1. The number of aliphatic hydroxyl groups is 1. The van der Waals surface area contributed by atoms with Crippen LogP contribution in [0.1, 0.15) is 30.4 Å². The maximum atomic E-state index is 12.0. The zero-order valence-electron chi connectivity index (χ0n) is 12.6. The van der Waals surface area contributed by atoms with Gasteiger partial charge in [0.2, 0.25) is 5.91 Å². The number of likely N-dealkylation sites (tertiary alicyclic amines) is 1. The molecule has 3 atom stereocenters. The minimum atomic E-state index is -0.377. The second-order valence-corrected chi connectivity index (χ2v) is 6.13. The third-order valence-corrected chi connectivity index (χ3v) is 5.07. The van der Waals surface area contributed by atoms with E-state index in [2.05, 4.69) is 36.5 Å². The van der Waals surface area contributed by atoms with E-state index < -0.39 is 0 Å². The van der Waals surface area contributed by atoms with Crippen LogP contribution in [-0.4, -0.2) is 48.2 Å². The third-order valence-electron chi connectivity index (χ3n) is 5.07. The van der Waals surface area contributed by atoms with Gasteiger partial charge in [0.15, 0.2) is 0 Å². The Bertz CT molecular complexity index is 500. The predicted molar refractivity (Wildman–Crippen MR) is 82.1 cm³/mol. The van der Waals surface area contributed by atoms with Gasteiger partial charge in [0, 0.05) is 31.0 Å². The zero-order valence-corrected chi connectivity index (χ0v) is 12.6. The summed E-state index contributed by atoms with van der Waals surface area (Å²) in [6.45, 7) is 4.44. The molecule has 114 valence electrons. The quantitative estimate of drug-likeness (QED) is 0.877. The number of aliphatic hydroxyl groups excluding tert-OH is 1. The molecule has 2 aliphatic heterocycles. The van der Waals surface area contributed by atoms with Gasteiger partial charge in [-0.2, -0.15) is 0 Å². The van der Waals surface area contributed by atoms with Crippen LogP contribution in [0.15, 0.2) is 24.3 Å². The van der Waals surface area contributed by atoms with Crippen LogP contribution in [0.4, 0.5) is 0 Å². The van der Waals surface area contributed by atoms with Crippen LogP contribution in [0.5, 0.6) is 0 Å².